The molecule has 7 nitrogen and oxygen atoms in total. The number of ketones is 1. The predicted octanol–water partition coefficient (Wildman–Crippen LogP) is 1.19. The highest BCUT2D eigenvalue weighted by Gasteiger charge is 2.29. The first-order chi connectivity index (χ1) is 10.9. The van der Waals surface area contributed by atoms with Crippen molar-refractivity contribution < 1.29 is 28.6 Å². The zero-order chi connectivity index (χ0) is 17.0. The smallest absolute Gasteiger partial charge is 0.326 e. The number of methoxy groups -OCH3 is 1. The summed E-state index contributed by atoms with van der Waals surface area (Å²) >= 11 is 0. The van der Waals surface area contributed by atoms with Crippen LogP contribution in [-0.4, -0.2) is 50.6 Å². The van der Waals surface area contributed by atoms with Crippen LogP contribution in [0.2, 0.25) is 0 Å². The van der Waals surface area contributed by atoms with Crippen LogP contribution in [0, 0.1) is 0 Å². The second kappa shape index (κ2) is 7.23. The number of amides is 1. The Morgan fingerprint density at radius 2 is 2.13 bits per heavy atom. The molecule has 0 spiro atoms. The van der Waals surface area contributed by atoms with Crippen molar-refractivity contribution in [3.8, 4) is 5.75 Å². The summed E-state index contributed by atoms with van der Waals surface area (Å²) in [6, 6.07) is 4.78. The van der Waals surface area contributed by atoms with Gasteiger partial charge < -0.3 is 14.2 Å². The molecule has 0 aromatic heterocycles. The Labute approximate surface area is 134 Å². The zero-order valence-corrected chi connectivity index (χ0v) is 13.3. The molecule has 7 heteroatoms. The van der Waals surface area contributed by atoms with Gasteiger partial charge in [0.1, 0.15) is 18.4 Å². The molecule has 2 rings (SSSR count). The van der Waals surface area contributed by atoms with E-state index in [1.54, 1.807) is 25.1 Å². The van der Waals surface area contributed by atoms with Crippen LogP contribution < -0.4 is 9.64 Å². The van der Waals surface area contributed by atoms with Crippen LogP contribution in [0.1, 0.15) is 24.2 Å². The number of rotatable bonds is 6. The summed E-state index contributed by atoms with van der Waals surface area (Å²) in [5.74, 6) is -0.604. The van der Waals surface area contributed by atoms with Crippen molar-refractivity contribution >= 4 is 23.3 Å². The quantitative estimate of drug-likeness (QED) is 0.578. The van der Waals surface area contributed by atoms with E-state index in [9.17, 15) is 14.4 Å². The van der Waals surface area contributed by atoms with E-state index in [2.05, 4.69) is 0 Å². The summed E-state index contributed by atoms with van der Waals surface area (Å²) in [5, 5.41) is 0. The number of Topliss-reactive ketones (excluding diaryl/α,β-unsaturated/α-hetero) is 1. The van der Waals surface area contributed by atoms with Gasteiger partial charge in [0.05, 0.1) is 12.3 Å². The second-order valence-corrected chi connectivity index (χ2v) is 5.26. The third-order valence-electron chi connectivity index (χ3n) is 3.33. The molecule has 0 bridgehead atoms. The van der Waals surface area contributed by atoms with Gasteiger partial charge in [-0.05, 0) is 32.0 Å². The Hall–Kier alpha value is -2.41. The van der Waals surface area contributed by atoms with E-state index in [4.69, 9.17) is 14.2 Å². The van der Waals surface area contributed by atoms with Crippen LogP contribution >= 0.6 is 0 Å². The number of carbonyl (C=O) groups is 3. The van der Waals surface area contributed by atoms with Gasteiger partial charge in [0.15, 0.2) is 12.4 Å². The van der Waals surface area contributed by atoms with E-state index < -0.39 is 12.1 Å². The molecule has 0 radical (unpaired) electrons. The van der Waals surface area contributed by atoms with E-state index in [1.807, 2.05) is 0 Å². The Bertz CT molecular complexity index is 627. The van der Waals surface area contributed by atoms with E-state index in [0.717, 1.165) is 0 Å². The number of nitrogens with zero attached hydrogens (tertiary/aromatic N) is 1. The van der Waals surface area contributed by atoms with E-state index >= 15 is 0 Å². The highest BCUT2D eigenvalue weighted by molar-refractivity contribution is 6.03. The van der Waals surface area contributed by atoms with Gasteiger partial charge in [0, 0.05) is 12.7 Å². The van der Waals surface area contributed by atoms with Gasteiger partial charge in [0.2, 0.25) is 0 Å². The predicted molar refractivity (Wildman–Crippen MR) is 81.7 cm³/mol. The van der Waals surface area contributed by atoms with Crippen molar-refractivity contribution in [2.75, 3.05) is 31.8 Å². The van der Waals surface area contributed by atoms with Crippen molar-refractivity contribution in [3.63, 3.8) is 0 Å². The van der Waals surface area contributed by atoms with Gasteiger partial charge in [0.25, 0.3) is 5.91 Å². The largest absolute Gasteiger partial charge is 0.482 e. The van der Waals surface area contributed by atoms with Gasteiger partial charge in [-0.25, -0.2) is 0 Å². The normalized spacial score (nSPS) is 14.7. The maximum absolute atomic E-state index is 12.1. The lowest BCUT2D eigenvalue weighted by molar-refractivity contribution is -0.149. The summed E-state index contributed by atoms with van der Waals surface area (Å²) in [4.78, 5) is 36.8. The second-order valence-electron chi connectivity index (χ2n) is 5.26. The lowest BCUT2D eigenvalue weighted by atomic mass is 10.1. The maximum atomic E-state index is 12.1. The van der Waals surface area contributed by atoms with Crippen LogP contribution in [-0.2, 0) is 19.1 Å². The maximum Gasteiger partial charge on any atom is 0.326 e. The molecule has 0 N–H and O–H groups in total. The summed E-state index contributed by atoms with van der Waals surface area (Å²) in [5.41, 5.74) is 0.832. The first-order valence-electron chi connectivity index (χ1n) is 7.19. The number of fused-ring (bicyclic) bond motifs is 1. The van der Waals surface area contributed by atoms with E-state index in [1.165, 1.54) is 18.9 Å². The standard InChI is InChI=1S/C16H19NO6/c1-10(8-21-3)23-16(20)7-17-13-6-12(11(2)18)4-5-14(13)22-9-15(17)19/h4-6,10H,7-9H2,1-3H3. The Morgan fingerprint density at radius 3 is 2.78 bits per heavy atom. The van der Waals surface area contributed by atoms with Crippen LogP contribution in [0.25, 0.3) is 0 Å². The van der Waals surface area contributed by atoms with Crippen molar-refractivity contribution in [1.82, 2.24) is 0 Å². The van der Waals surface area contributed by atoms with Crippen molar-refractivity contribution in [1.29, 1.82) is 0 Å². The number of ether oxygens (including phenoxy) is 3. The third-order valence-corrected chi connectivity index (χ3v) is 3.33. The molecule has 1 aliphatic heterocycles. The monoisotopic (exact) mass is 321 g/mol. The van der Waals surface area contributed by atoms with E-state index in [0.29, 0.717) is 17.0 Å². The molecule has 1 aromatic rings. The summed E-state index contributed by atoms with van der Waals surface area (Å²) in [6.07, 6.45) is -0.410. The molecular weight excluding hydrogens is 302 g/mol. The number of esters is 1. The summed E-state index contributed by atoms with van der Waals surface area (Å²) < 4.78 is 15.4. The Balaban J connectivity index is 2.19. The lowest BCUT2D eigenvalue weighted by Crippen LogP contribution is -2.43. The minimum absolute atomic E-state index is 0.137. The molecule has 1 heterocycles. The average Bonchev–Trinajstić information content (AvgIpc) is 2.49. The molecule has 0 saturated carbocycles. The molecule has 23 heavy (non-hydrogen) atoms. The van der Waals surface area contributed by atoms with Crippen LogP contribution in [0.5, 0.6) is 5.75 Å². The minimum atomic E-state index is -0.552. The fourth-order valence-electron chi connectivity index (χ4n) is 2.25. The number of hydrogen-bond donors (Lipinski definition) is 0. The fourth-order valence-corrected chi connectivity index (χ4v) is 2.25. The Kier molecular flexibility index (Phi) is 5.33. The molecule has 0 saturated heterocycles. The minimum Gasteiger partial charge on any atom is -0.482 e. The Morgan fingerprint density at radius 1 is 1.39 bits per heavy atom. The summed E-state index contributed by atoms with van der Waals surface area (Å²) in [6.45, 7) is 2.99. The highest BCUT2D eigenvalue weighted by atomic mass is 16.6. The first kappa shape index (κ1) is 17.0. The van der Waals surface area contributed by atoms with Gasteiger partial charge in [-0.1, -0.05) is 0 Å². The van der Waals surface area contributed by atoms with Crippen LogP contribution in [0.4, 0.5) is 5.69 Å². The third kappa shape index (κ3) is 4.07. The lowest BCUT2D eigenvalue weighted by Gasteiger charge is -2.29. The van der Waals surface area contributed by atoms with Gasteiger partial charge in [-0.3, -0.25) is 19.3 Å². The number of benzene rings is 1. The van der Waals surface area contributed by atoms with Gasteiger partial charge >= 0.3 is 5.97 Å². The molecule has 1 aromatic carbocycles. The number of carbonyl (C=O) groups excluding carboxylic acids is 3. The van der Waals surface area contributed by atoms with Gasteiger partial charge in [-0.2, -0.15) is 0 Å². The first-order valence-corrected chi connectivity index (χ1v) is 7.19. The SMILES string of the molecule is COCC(C)OC(=O)CN1C(=O)COc2ccc(C(C)=O)cc21. The zero-order valence-electron chi connectivity index (χ0n) is 13.3. The summed E-state index contributed by atoms with van der Waals surface area (Å²) in [7, 11) is 1.51. The molecule has 0 aliphatic carbocycles. The van der Waals surface area contributed by atoms with Crippen LogP contribution in [0.15, 0.2) is 18.2 Å². The van der Waals surface area contributed by atoms with Gasteiger partial charge in [-0.15, -0.1) is 0 Å². The molecule has 1 atom stereocenters. The topological polar surface area (TPSA) is 82.1 Å². The molecule has 0 fully saturated rings. The van der Waals surface area contributed by atoms with Crippen LogP contribution in [0.3, 0.4) is 0 Å². The van der Waals surface area contributed by atoms with Crippen molar-refractivity contribution in [2.45, 2.75) is 20.0 Å². The molecule has 1 aliphatic rings. The van der Waals surface area contributed by atoms with E-state index in [-0.39, 0.29) is 31.4 Å². The molecular formula is C16H19NO6. The van der Waals surface area contributed by atoms with Crippen molar-refractivity contribution in [3.05, 3.63) is 23.8 Å². The highest BCUT2D eigenvalue weighted by Crippen LogP contribution is 2.33. The molecule has 1 unspecified atom stereocenters. The average molecular weight is 321 g/mol. The number of hydrogen-bond acceptors (Lipinski definition) is 6. The molecule has 1 amide bonds. The molecule has 124 valence electrons. The number of anilines is 1. The van der Waals surface area contributed by atoms with Crippen molar-refractivity contribution in [2.24, 2.45) is 0 Å². The fraction of sp³-hybridized carbons (Fsp3) is 0.438.